The highest BCUT2D eigenvalue weighted by Crippen LogP contribution is 2.36. The van der Waals surface area contributed by atoms with E-state index in [1.165, 1.54) is 23.4 Å². The van der Waals surface area contributed by atoms with Crippen LogP contribution in [0, 0.1) is 5.92 Å². The van der Waals surface area contributed by atoms with Gasteiger partial charge >= 0.3 is 12.1 Å². The first kappa shape index (κ1) is 30.2. The lowest BCUT2D eigenvalue weighted by Crippen LogP contribution is -2.45. The monoisotopic (exact) mass is 563 g/mol. The van der Waals surface area contributed by atoms with Crippen LogP contribution in [0.15, 0.2) is 60.7 Å². The van der Waals surface area contributed by atoms with E-state index in [0.717, 1.165) is 42.7 Å². The number of rotatable bonds is 11. The van der Waals surface area contributed by atoms with Gasteiger partial charge in [0.15, 0.2) is 0 Å². The Kier molecular flexibility index (Phi) is 10.1. The van der Waals surface area contributed by atoms with Crippen molar-refractivity contribution in [2.45, 2.75) is 70.8 Å². The molecule has 0 radical (unpaired) electrons. The third kappa shape index (κ3) is 8.60. The number of unbranched alkanes of at least 4 members (excludes halogenated alkanes) is 1. The fraction of sp³-hybridized carbons (Fsp3) is 0.455. The summed E-state index contributed by atoms with van der Waals surface area (Å²) < 4.78 is 28.0. The van der Waals surface area contributed by atoms with Crippen LogP contribution in [0.3, 0.4) is 0 Å². The molecule has 0 spiro atoms. The average Bonchev–Trinajstić information content (AvgIpc) is 2.94. The SMILES string of the molecule is COC(=O)[C@H](Cc1ccc(OCCCCC2Cc3cc4ccccc4cc3OC2OC)cc1)NC(=O)OC(C)(C)C. The molecule has 41 heavy (non-hydrogen) atoms. The minimum Gasteiger partial charge on any atom is -0.494 e. The van der Waals surface area contributed by atoms with Gasteiger partial charge in [0.1, 0.15) is 23.1 Å². The van der Waals surface area contributed by atoms with Gasteiger partial charge in [-0.2, -0.15) is 0 Å². The molecule has 3 aromatic rings. The van der Waals surface area contributed by atoms with E-state index in [9.17, 15) is 9.59 Å². The zero-order valence-corrected chi connectivity index (χ0v) is 24.6. The molecule has 0 aliphatic carbocycles. The molecule has 1 aliphatic heterocycles. The zero-order chi connectivity index (χ0) is 29.4. The van der Waals surface area contributed by atoms with Crippen molar-refractivity contribution in [2.24, 2.45) is 5.92 Å². The second kappa shape index (κ2) is 13.7. The number of ether oxygens (including phenoxy) is 5. The molecule has 1 aliphatic rings. The quantitative estimate of drug-likeness (QED) is 0.219. The van der Waals surface area contributed by atoms with Crippen molar-refractivity contribution in [2.75, 3.05) is 20.8 Å². The molecule has 1 amide bonds. The summed E-state index contributed by atoms with van der Waals surface area (Å²) in [7, 11) is 3.00. The molecule has 1 heterocycles. The van der Waals surface area contributed by atoms with Crippen LogP contribution in [0.25, 0.3) is 10.8 Å². The lowest BCUT2D eigenvalue weighted by Gasteiger charge is -2.33. The Balaban J connectivity index is 1.23. The van der Waals surface area contributed by atoms with E-state index in [4.69, 9.17) is 23.7 Å². The summed E-state index contributed by atoms with van der Waals surface area (Å²) in [6.07, 6.45) is 3.16. The van der Waals surface area contributed by atoms with Gasteiger partial charge in [0.2, 0.25) is 6.29 Å². The van der Waals surface area contributed by atoms with Gasteiger partial charge in [-0.1, -0.05) is 36.4 Å². The van der Waals surface area contributed by atoms with Crippen molar-refractivity contribution >= 4 is 22.8 Å². The molecule has 0 saturated heterocycles. The Morgan fingerprint density at radius 3 is 2.37 bits per heavy atom. The number of alkyl carbamates (subject to hydrolysis) is 1. The second-order valence-corrected chi connectivity index (χ2v) is 11.4. The van der Waals surface area contributed by atoms with Gasteiger partial charge in [0, 0.05) is 19.4 Å². The van der Waals surface area contributed by atoms with Gasteiger partial charge < -0.3 is 29.0 Å². The number of amides is 1. The minimum atomic E-state index is -0.855. The van der Waals surface area contributed by atoms with Gasteiger partial charge in [-0.3, -0.25) is 0 Å². The molecule has 0 fully saturated rings. The van der Waals surface area contributed by atoms with Crippen molar-refractivity contribution in [3.05, 3.63) is 71.8 Å². The summed E-state index contributed by atoms with van der Waals surface area (Å²) in [5.41, 5.74) is 1.43. The largest absolute Gasteiger partial charge is 0.494 e. The van der Waals surface area contributed by atoms with E-state index in [-0.39, 0.29) is 18.6 Å². The van der Waals surface area contributed by atoms with E-state index >= 15 is 0 Å². The first-order chi connectivity index (χ1) is 19.6. The minimum absolute atomic E-state index is 0.254. The molecule has 3 atom stereocenters. The number of benzene rings is 3. The molecule has 2 unspecified atom stereocenters. The van der Waals surface area contributed by atoms with E-state index < -0.39 is 23.7 Å². The number of hydrogen-bond acceptors (Lipinski definition) is 7. The highest BCUT2D eigenvalue weighted by atomic mass is 16.7. The first-order valence-corrected chi connectivity index (χ1v) is 14.2. The van der Waals surface area contributed by atoms with E-state index in [1.54, 1.807) is 27.9 Å². The van der Waals surface area contributed by atoms with Crippen LogP contribution < -0.4 is 14.8 Å². The third-order valence-electron chi connectivity index (χ3n) is 7.05. The molecule has 220 valence electrons. The van der Waals surface area contributed by atoms with Crippen molar-refractivity contribution in [1.29, 1.82) is 0 Å². The molecule has 0 bridgehead atoms. The maximum atomic E-state index is 12.2. The number of carbonyl (C=O) groups excluding carboxylic acids is 2. The standard InChI is InChI=1S/C33H41NO7/c1-33(2,3)41-32(36)34-28(30(35)37-4)18-22-13-15-27(16-14-22)39-17-9-8-12-25-20-26-19-23-10-6-7-11-24(23)21-29(26)40-31(25)38-5/h6-7,10-11,13-16,19,21,25,28,31H,8-9,12,17-18,20H2,1-5H3,(H,34,36)/t25?,28-,31?/m0/s1. The third-order valence-corrected chi connectivity index (χ3v) is 7.05. The normalized spacial score (nSPS) is 17.2. The summed E-state index contributed by atoms with van der Waals surface area (Å²) in [6, 6.07) is 19.3. The first-order valence-electron chi connectivity index (χ1n) is 14.2. The van der Waals surface area contributed by atoms with Crippen LogP contribution in [-0.4, -0.2) is 50.8 Å². The van der Waals surface area contributed by atoms with Crippen LogP contribution in [0.2, 0.25) is 0 Å². The Labute approximate surface area is 242 Å². The fourth-order valence-electron chi connectivity index (χ4n) is 5.06. The fourth-order valence-corrected chi connectivity index (χ4v) is 5.06. The van der Waals surface area contributed by atoms with Crippen LogP contribution in [-0.2, 0) is 31.8 Å². The predicted octanol–water partition coefficient (Wildman–Crippen LogP) is 6.22. The summed E-state index contributed by atoms with van der Waals surface area (Å²) in [6.45, 7) is 5.89. The maximum absolute atomic E-state index is 12.2. The van der Waals surface area contributed by atoms with Crippen LogP contribution in [0.4, 0.5) is 4.79 Å². The molecule has 8 heteroatoms. The maximum Gasteiger partial charge on any atom is 0.408 e. The van der Waals surface area contributed by atoms with Gasteiger partial charge in [-0.15, -0.1) is 0 Å². The van der Waals surface area contributed by atoms with Crippen LogP contribution in [0.5, 0.6) is 11.5 Å². The Morgan fingerprint density at radius 1 is 1.00 bits per heavy atom. The molecule has 3 aromatic carbocycles. The molecule has 4 rings (SSSR count). The smallest absolute Gasteiger partial charge is 0.408 e. The Bertz CT molecular complexity index is 1320. The predicted molar refractivity (Wildman–Crippen MR) is 157 cm³/mol. The van der Waals surface area contributed by atoms with Crippen molar-refractivity contribution < 1.29 is 33.3 Å². The summed E-state index contributed by atoms with van der Waals surface area (Å²) in [5, 5.41) is 5.00. The number of methoxy groups -OCH3 is 2. The van der Waals surface area contributed by atoms with E-state index in [2.05, 4.69) is 35.6 Å². The van der Waals surface area contributed by atoms with Crippen LogP contribution >= 0.6 is 0 Å². The lowest BCUT2D eigenvalue weighted by atomic mass is 9.89. The lowest BCUT2D eigenvalue weighted by molar-refractivity contribution is -0.143. The van der Waals surface area contributed by atoms with Crippen LogP contribution in [0.1, 0.15) is 51.2 Å². The molecule has 1 N–H and O–H groups in total. The number of hydrogen-bond donors (Lipinski definition) is 1. The average molecular weight is 564 g/mol. The topological polar surface area (TPSA) is 92.3 Å². The van der Waals surface area contributed by atoms with Gasteiger partial charge in [0.05, 0.1) is 13.7 Å². The molecule has 0 saturated carbocycles. The number of carbonyl (C=O) groups is 2. The zero-order valence-electron chi connectivity index (χ0n) is 24.6. The second-order valence-electron chi connectivity index (χ2n) is 11.4. The summed E-state index contributed by atoms with van der Waals surface area (Å²) in [5.74, 6) is 1.41. The summed E-state index contributed by atoms with van der Waals surface area (Å²) in [4.78, 5) is 24.4. The molecule has 0 aromatic heterocycles. The van der Waals surface area contributed by atoms with Crippen molar-refractivity contribution in [1.82, 2.24) is 5.32 Å². The molecule has 8 nitrogen and oxygen atoms in total. The number of fused-ring (bicyclic) bond motifs is 2. The highest BCUT2D eigenvalue weighted by Gasteiger charge is 2.30. The van der Waals surface area contributed by atoms with Gasteiger partial charge in [-0.25, -0.2) is 9.59 Å². The number of esters is 1. The molecular formula is C33H41NO7. The molecular weight excluding hydrogens is 522 g/mol. The van der Waals surface area contributed by atoms with Gasteiger partial charge in [0.25, 0.3) is 0 Å². The van der Waals surface area contributed by atoms with Gasteiger partial charge in [-0.05, 0) is 92.6 Å². The Hall–Kier alpha value is -3.78. The van der Waals surface area contributed by atoms with Crippen molar-refractivity contribution in [3.8, 4) is 11.5 Å². The number of nitrogens with one attached hydrogen (secondary N) is 1. The summed E-state index contributed by atoms with van der Waals surface area (Å²) >= 11 is 0. The Morgan fingerprint density at radius 2 is 1.71 bits per heavy atom. The van der Waals surface area contributed by atoms with Crippen molar-refractivity contribution in [3.63, 3.8) is 0 Å². The van der Waals surface area contributed by atoms with E-state index in [0.29, 0.717) is 6.61 Å². The van der Waals surface area contributed by atoms with E-state index in [1.807, 2.05) is 30.3 Å². The highest BCUT2D eigenvalue weighted by molar-refractivity contribution is 5.85.